The summed E-state index contributed by atoms with van der Waals surface area (Å²) in [4.78, 5) is 2.46. The molecule has 0 saturated heterocycles. The fourth-order valence-electron chi connectivity index (χ4n) is 8.82. The van der Waals surface area contributed by atoms with Crippen LogP contribution in [0.2, 0.25) is 0 Å². The van der Waals surface area contributed by atoms with E-state index < -0.39 is 0 Å². The van der Waals surface area contributed by atoms with E-state index in [2.05, 4.69) is 71.1 Å². The number of aliphatic hydroxyl groups excluding tert-OH is 1. The van der Waals surface area contributed by atoms with Gasteiger partial charge in [-0.25, -0.2) is 0 Å². The lowest BCUT2D eigenvalue weighted by atomic mass is 9.51. The second kappa shape index (κ2) is 7.46. The van der Waals surface area contributed by atoms with E-state index in [0.717, 1.165) is 12.8 Å². The predicted octanol–water partition coefficient (Wildman–Crippen LogP) is 5.02. The summed E-state index contributed by atoms with van der Waals surface area (Å²) >= 11 is 0. The van der Waals surface area contributed by atoms with Gasteiger partial charge in [0.1, 0.15) is 0 Å². The van der Waals surface area contributed by atoms with Gasteiger partial charge in [-0.2, -0.15) is 0 Å². The Morgan fingerprint density at radius 2 is 1.73 bits per heavy atom. The van der Waals surface area contributed by atoms with Crippen LogP contribution in [0.5, 0.6) is 0 Å². The van der Waals surface area contributed by atoms with Crippen molar-refractivity contribution in [3.05, 3.63) is 23.3 Å². The van der Waals surface area contributed by atoms with Crippen molar-refractivity contribution in [2.45, 2.75) is 91.3 Å². The van der Waals surface area contributed by atoms with Crippen LogP contribution in [0.3, 0.4) is 0 Å². The van der Waals surface area contributed by atoms with Crippen molar-refractivity contribution in [3.63, 3.8) is 0 Å². The molecule has 2 fully saturated rings. The van der Waals surface area contributed by atoms with Crippen LogP contribution < -0.4 is 5.32 Å². The van der Waals surface area contributed by atoms with E-state index in [1.54, 1.807) is 11.1 Å². The van der Waals surface area contributed by atoms with E-state index >= 15 is 0 Å². The molecule has 0 bridgehead atoms. The molecule has 4 rings (SSSR count). The highest BCUT2D eigenvalue weighted by Gasteiger charge is 2.63. The van der Waals surface area contributed by atoms with Gasteiger partial charge in [0.25, 0.3) is 0 Å². The smallest absolute Gasteiger partial charge is 0.0594 e. The van der Waals surface area contributed by atoms with E-state index in [1.807, 2.05) is 7.05 Å². The Hall–Kier alpha value is -0.640. The molecule has 2 saturated carbocycles. The van der Waals surface area contributed by atoms with E-state index in [4.69, 9.17) is 0 Å². The van der Waals surface area contributed by atoms with Crippen LogP contribution in [0, 0.1) is 34.0 Å². The van der Waals surface area contributed by atoms with Gasteiger partial charge in [-0.3, -0.25) is 0 Å². The number of rotatable bonds is 3. The van der Waals surface area contributed by atoms with Gasteiger partial charge in [0.05, 0.1) is 6.10 Å². The van der Waals surface area contributed by atoms with E-state index in [-0.39, 0.29) is 16.9 Å². The van der Waals surface area contributed by atoms with Crippen LogP contribution in [0.25, 0.3) is 0 Å². The van der Waals surface area contributed by atoms with Crippen LogP contribution >= 0.6 is 0 Å². The monoisotopic (exact) mass is 414 g/mol. The van der Waals surface area contributed by atoms with Gasteiger partial charge in [-0.15, -0.1) is 0 Å². The molecule has 4 aliphatic carbocycles. The molecule has 0 aromatic rings. The number of nitrogens with zero attached hydrogens (tertiary/aromatic N) is 1. The number of aliphatic hydroxyl groups is 1. The highest BCUT2D eigenvalue weighted by atomic mass is 16.3. The second-order valence-corrected chi connectivity index (χ2v) is 12.4. The quantitative estimate of drug-likeness (QED) is 0.680. The Balaban J connectivity index is 1.70. The zero-order valence-electron chi connectivity index (χ0n) is 20.8. The number of nitrogens with one attached hydrogen (secondary N) is 1. The summed E-state index contributed by atoms with van der Waals surface area (Å²) in [5.41, 5.74) is 3.93. The van der Waals surface area contributed by atoms with Gasteiger partial charge < -0.3 is 15.3 Å². The normalized spacial score (nSPS) is 46.3. The van der Waals surface area contributed by atoms with Crippen LogP contribution in [-0.4, -0.2) is 49.3 Å². The van der Waals surface area contributed by atoms with Crippen molar-refractivity contribution in [1.82, 2.24) is 10.2 Å². The average molecular weight is 415 g/mol. The molecule has 170 valence electrons. The fraction of sp³-hybridized carbons (Fsp3) is 0.852. The van der Waals surface area contributed by atoms with Gasteiger partial charge >= 0.3 is 0 Å². The molecule has 8 unspecified atom stereocenters. The van der Waals surface area contributed by atoms with Gasteiger partial charge in [0, 0.05) is 18.0 Å². The zero-order chi connectivity index (χ0) is 22.1. The first kappa shape index (κ1) is 22.6. The van der Waals surface area contributed by atoms with Crippen LogP contribution in [0.4, 0.5) is 0 Å². The summed E-state index contributed by atoms with van der Waals surface area (Å²) in [7, 11) is 6.57. The summed E-state index contributed by atoms with van der Waals surface area (Å²) < 4.78 is 0. The number of fused-ring (bicyclic) bond motifs is 4. The van der Waals surface area contributed by atoms with Crippen LogP contribution in [-0.2, 0) is 0 Å². The maximum absolute atomic E-state index is 11.2. The molecular weight excluding hydrogens is 368 g/mol. The highest BCUT2D eigenvalue weighted by Crippen LogP contribution is 2.67. The average Bonchev–Trinajstić information content (AvgIpc) is 2.78. The Bertz CT molecular complexity index is 737. The molecule has 0 radical (unpaired) electrons. The third kappa shape index (κ3) is 3.02. The molecule has 0 amide bonds. The molecule has 0 aromatic carbocycles. The molecule has 30 heavy (non-hydrogen) atoms. The van der Waals surface area contributed by atoms with Crippen LogP contribution in [0.15, 0.2) is 23.3 Å². The number of allylic oxidation sites excluding steroid dienone is 4. The van der Waals surface area contributed by atoms with Gasteiger partial charge in [0.15, 0.2) is 0 Å². The fourth-order valence-corrected chi connectivity index (χ4v) is 8.82. The SMILES string of the molecule is CNC(C)C1C(O)CC2(C)C3CCC4C(=CC3=CCC12C)CCC(N(C)C)C4(C)C. The summed E-state index contributed by atoms with van der Waals surface area (Å²) in [6.07, 6.45) is 12.1. The van der Waals surface area contributed by atoms with Crippen molar-refractivity contribution >= 4 is 0 Å². The summed E-state index contributed by atoms with van der Waals surface area (Å²) in [6, 6.07) is 0.997. The Kier molecular flexibility index (Phi) is 5.60. The Labute approximate surface area is 185 Å². The molecule has 3 heteroatoms. The lowest BCUT2D eigenvalue weighted by Gasteiger charge is -2.53. The molecule has 0 heterocycles. The molecule has 0 aromatic heterocycles. The van der Waals surface area contributed by atoms with Crippen molar-refractivity contribution in [2.75, 3.05) is 21.1 Å². The largest absolute Gasteiger partial charge is 0.393 e. The van der Waals surface area contributed by atoms with E-state index in [9.17, 15) is 5.11 Å². The van der Waals surface area contributed by atoms with Crippen molar-refractivity contribution in [2.24, 2.45) is 34.0 Å². The maximum atomic E-state index is 11.2. The number of hydrogen-bond acceptors (Lipinski definition) is 3. The minimum absolute atomic E-state index is 0.152. The molecule has 0 spiro atoms. The van der Waals surface area contributed by atoms with Gasteiger partial charge in [-0.1, -0.05) is 45.4 Å². The first-order valence-corrected chi connectivity index (χ1v) is 12.4. The lowest BCUT2D eigenvalue weighted by molar-refractivity contribution is -0.00741. The molecule has 4 aliphatic rings. The highest BCUT2D eigenvalue weighted by molar-refractivity contribution is 5.37. The molecule has 3 nitrogen and oxygen atoms in total. The first-order chi connectivity index (χ1) is 14.0. The molecule has 0 aliphatic heterocycles. The zero-order valence-corrected chi connectivity index (χ0v) is 20.8. The summed E-state index contributed by atoms with van der Waals surface area (Å²) in [6.45, 7) is 12.3. The van der Waals surface area contributed by atoms with Crippen molar-refractivity contribution < 1.29 is 5.11 Å². The first-order valence-electron chi connectivity index (χ1n) is 12.4. The van der Waals surface area contributed by atoms with Crippen molar-refractivity contribution in [1.29, 1.82) is 0 Å². The van der Waals surface area contributed by atoms with Crippen molar-refractivity contribution in [3.8, 4) is 0 Å². The molecular formula is C27H46N2O. The lowest BCUT2D eigenvalue weighted by Crippen LogP contribution is -2.50. The van der Waals surface area contributed by atoms with Gasteiger partial charge in [-0.05, 0) is 100 Å². The number of hydrogen-bond donors (Lipinski definition) is 2. The third-order valence-corrected chi connectivity index (χ3v) is 10.6. The third-order valence-electron chi connectivity index (χ3n) is 10.6. The summed E-state index contributed by atoms with van der Waals surface area (Å²) in [5, 5.41) is 14.7. The van der Waals surface area contributed by atoms with E-state index in [1.165, 1.54) is 25.7 Å². The maximum Gasteiger partial charge on any atom is 0.0594 e. The molecule has 2 N–H and O–H groups in total. The minimum atomic E-state index is -0.206. The Morgan fingerprint density at radius 3 is 2.37 bits per heavy atom. The summed E-state index contributed by atoms with van der Waals surface area (Å²) in [5.74, 6) is 1.57. The van der Waals surface area contributed by atoms with Gasteiger partial charge in [0.2, 0.25) is 0 Å². The second-order valence-electron chi connectivity index (χ2n) is 12.4. The van der Waals surface area contributed by atoms with E-state index in [0.29, 0.717) is 35.3 Å². The van der Waals surface area contributed by atoms with Crippen LogP contribution in [0.1, 0.15) is 73.1 Å². The minimum Gasteiger partial charge on any atom is -0.393 e. The molecule has 8 atom stereocenters. The standard InChI is InChI=1S/C27H46N2O/c1-17(28-6)24-22(30)16-27(5)21-11-10-20-18(15-19(21)13-14-26(24,27)4)9-12-23(29(7)8)25(20,2)3/h13,15,17,20-24,28,30H,9-12,14,16H2,1-8H3. The Morgan fingerprint density at radius 1 is 1.07 bits per heavy atom. The topological polar surface area (TPSA) is 35.5 Å². The predicted molar refractivity (Wildman–Crippen MR) is 126 cm³/mol.